The van der Waals surface area contributed by atoms with E-state index in [1.54, 1.807) is 0 Å². The number of amides is 2. The number of carbonyl (C=O) groups excluding carboxylic acids is 3. The molecule has 2 unspecified atom stereocenters. The summed E-state index contributed by atoms with van der Waals surface area (Å²) >= 11 is 0. The highest BCUT2D eigenvalue weighted by Gasteiger charge is 2.18. The predicted octanol–water partition coefficient (Wildman–Crippen LogP) is 11.2. The predicted molar refractivity (Wildman–Crippen MR) is 231 cm³/mol. The molecule has 0 heterocycles. The number of carboxylic acids is 1. The van der Waals surface area contributed by atoms with Crippen LogP contribution in [0.4, 0.5) is 0 Å². The van der Waals surface area contributed by atoms with Crippen LogP contribution in [0.25, 0.3) is 0 Å². The molecule has 322 valence electrons. The van der Waals surface area contributed by atoms with Gasteiger partial charge in [-0.15, -0.1) is 0 Å². The summed E-state index contributed by atoms with van der Waals surface area (Å²) in [5, 5.41) is 22.5. The van der Waals surface area contributed by atoms with Crippen LogP contribution in [0.1, 0.15) is 200 Å². The van der Waals surface area contributed by atoms with E-state index in [0.29, 0.717) is 19.3 Å². The number of hydrogen-bond donors (Lipinski definition) is 4. The molecule has 0 aliphatic carbocycles. The molecule has 0 aliphatic heterocycles. The van der Waals surface area contributed by atoms with E-state index < -0.39 is 24.5 Å². The number of rotatable bonds is 40. The second kappa shape index (κ2) is 41.4. The normalized spacial score (nSPS) is 12.9. The zero-order valence-electron chi connectivity index (χ0n) is 35.6. The van der Waals surface area contributed by atoms with Crippen molar-refractivity contribution in [3.05, 3.63) is 48.6 Å². The first kappa shape index (κ1) is 52.8. The number of nitrogens with one attached hydrogen (secondary N) is 2. The van der Waals surface area contributed by atoms with Crippen molar-refractivity contribution in [2.24, 2.45) is 0 Å². The first-order valence-corrected chi connectivity index (χ1v) is 22.5. The van der Waals surface area contributed by atoms with Gasteiger partial charge in [-0.2, -0.15) is 0 Å². The highest BCUT2D eigenvalue weighted by atomic mass is 16.5. The fourth-order valence-corrected chi connectivity index (χ4v) is 6.28. The molecule has 0 saturated heterocycles. The molecule has 4 N–H and O–H groups in total. The minimum absolute atomic E-state index is 0.102. The van der Waals surface area contributed by atoms with Crippen molar-refractivity contribution in [1.82, 2.24) is 10.6 Å². The lowest BCUT2D eigenvalue weighted by atomic mass is 10.1. The lowest BCUT2D eigenvalue weighted by molar-refractivity contribution is -0.147. The van der Waals surface area contributed by atoms with E-state index in [9.17, 15) is 19.2 Å². The van der Waals surface area contributed by atoms with Crippen molar-refractivity contribution >= 4 is 23.8 Å². The Balaban J connectivity index is 4.27. The number of carboxylic acid groups (broad SMARTS) is 1. The Labute approximate surface area is 341 Å². The molecule has 0 rings (SSSR count). The van der Waals surface area contributed by atoms with Crippen LogP contribution in [0.3, 0.4) is 0 Å². The molecule has 0 aromatic rings. The SMILES string of the molecule is CCCCCC/C=C\C/C=C\CCCCCCCCCC(=O)OC(/C=C\C/C=C\CCCCCC)CCCCCCCCC(=O)NCC(=O)NC(CO)C(=O)O. The summed E-state index contributed by atoms with van der Waals surface area (Å²) in [7, 11) is 0. The summed E-state index contributed by atoms with van der Waals surface area (Å²) in [5.74, 6) is -2.36. The lowest BCUT2D eigenvalue weighted by Gasteiger charge is -2.15. The van der Waals surface area contributed by atoms with E-state index in [4.69, 9.17) is 14.9 Å². The number of esters is 1. The Morgan fingerprint density at radius 1 is 0.554 bits per heavy atom. The van der Waals surface area contributed by atoms with Crippen LogP contribution in [-0.2, 0) is 23.9 Å². The molecule has 9 heteroatoms. The van der Waals surface area contributed by atoms with Crippen LogP contribution < -0.4 is 10.6 Å². The number of aliphatic hydroxyl groups excluding tert-OH is 1. The van der Waals surface area contributed by atoms with Gasteiger partial charge in [0.1, 0.15) is 12.1 Å². The molecule has 0 spiro atoms. The molecule has 0 radical (unpaired) electrons. The number of ether oxygens (including phenoxy) is 1. The highest BCUT2D eigenvalue weighted by molar-refractivity contribution is 5.87. The molecule has 0 fully saturated rings. The third kappa shape index (κ3) is 37.7. The second-order valence-corrected chi connectivity index (χ2v) is 15.1. The molecule has 0 saturated carbocycles. The summed E-state index contributed by atoms with van der Waals surface area (Å²) in [4.78, 5) is 47.5. The third-order valence-electron chi connectivity index (χ3n) is 9.78. The van der Waals surface area contributed by atoms with Gasteiger partial charge in [0, 0.05) is 12.8 Å². The van der Waals surface area contributed by atoms with Gasteiger partial charge >= 0.3 is 11.9 Å². The Hall–Kier alpha value is -3.20. The van der Waals surface area contributed by atoms with Gasteiger partial charge in [-0.1, -0.05) is 153 Å². The van der Waals surface area contributed by atoms with Gasteiger partial charge in [0.05, 0.1) is 13.2 Å². The zero-order valence-corrected chi connectivity index (χ0v) is 35.6. The van der Waals surface area contributed by atoms with Gasteiger partial charge < -0.3 is 25.6 Å². The van der Waals surface area contributed by atoms with Crippen LogP contribution in [0.2, 0.25) is 0 Å². The maximum absolute atomic E-state index is 12.8. The largest absolute Gasteiger partial charge is 0.480 e. The first-order valence-electron chi connectivity index (χ1n) is 22.5. The van der Waals surface area contributed by atoms with Crippen molar-refractivity contribution in [3.63, 3.8) is 0 Å². The summed E-state index contributed by atoms with van der Waals surface area (Å²) in [6.07, 6.45) is 48.7. The number of unbranched alkanes of at least 4 members (excludes halogenated alkanes) is 20. The van der Waals surface area contributed by atoms with Crippen molar-refractivity contribution in [3.8, 4) is 0 Å². The number of carbonyl (C=O) groups is 4. The minimum atomic E-state index is -1.38. The molecule has 0 aliphatic rings. The standard InChI is InChI=1S/C47H82N2O7/c1-3-5-7-9-11-13-14-15-16-17-18-19-20-21-23-25-31-35-39-46(53)56-42(36-32-28-24-22-12-10-8-6-4-2)37-33-29-26-27-30-34-38-44(51)48-40-45(52)49-43(41-50)47(54)55/h13-14,16-17,22,24,32,36,42-43,50H,3-12,15,18-21,23,25-31,33-35,37-41H2,1-2H3,(H,48,51)(H,49,52)(H,54,55)/b14-13-,17-16-,24-22-,36-32-. The molecular formula is C47H82N2O7. The van der Waals surface area contributed by atoms with E-state index in [1.165, 1.54) is 96.3 Å². The third-order valence-corrected chi connectivity index (χ3v) is 9.78. The molecule has 2 amide bonds. The highest BCUT2D eigenvalue weighted by Crippen LogP contribution is 2.15. The molecule has 9 nitrogen and oxygen atoms in total. The average Bonchev–Trinajstić information content (AvgIpc) is 3.18. The zero-order chi connectivity index (χ0) is 41.2. The summed E-state index contributed by atoms with van der Waals surface area (Å²) in [6, 6.07) is -1.38. The van der Waals surface area contributed by atoms with Gasteiger partial charge in [0.25, 0.3) is 0 Å². The first-order chi connectivity index (χ1) is 27.3. The summed E-state index contributed by atoms with van der Waals surface area (Å²) in [5.41, 5.74) is 0. The number of aliphatic hydroxyl groups is 1. The molecule has 56 heavy (non-hydrogen) atoms. The fourth-order valence-electron chi connectivity index (χ4n) is 6.28. The van der Waals surface area contributed by atoms with Crippen molar-refractivity contribution in [2.75, 3.05) is 13.2 Å². The monoisotopic (exact) mass is 787 g/mol. The quantitative estimate of drug-likeness (QED) is 0.0275. The number of allylic oxidation sites excluding steroid dienone is 7. The average molecular weight is 787 g/mol. The smallest absolute Gasteiger partial charge is 0.328 e. The molecule has 2 atom stereocenters. The maximum atomic E-state index is 12.8. The topological polar surface area (TPSA) is 142 Å². The number of hydrogen-bond acceptors (Lipinski definition) is 6. The summed E-state index contributed by atoms with van der Waals surface area (Å²) < 4.78 is 5.93. The minimum Gasteiger partial charge on any atom is -0.480 e. The molecule has 0 aromatic carbocycles. The fraction of sp³-hybridized carbons (Fsp3) is 0.745. The van der Waals surface area contributed by atoms with E-state index in [0.717, 1.165) is 70.6 Å². The Bertz CT molecular complexity index is 1080. The van der Waals surface area contributed by atoms with Crippen LogP contribution >= 0.6 is 0 Å². The van der Waals surface area contributed by atoms with E-state index in [1.807, 2.05) is 0 Å². The molecule has 0 bridgehead atoms. The number of aliphatic carboxylic acids is 1. The lowest BCUT2D eigenvalue weighted by Crippen LogP contribution is -2.47. The van der Waals surface area contributed by atoms with Gasteiger partial charge in [-0.3, -0.25) is 14.4 Å². The Morgan fingerprint density at radius 2 is 1.02 bits per heavy atom. The molecular weight excluding hydrogens is 705 g/mol. The van der Waals surface area contributed by atoms with Crippen molar-refractivity contribution in [1.29, 1.82) is 0 Å². The van der Waals surface area contributed by atoms with Gasteiger partial charge in [0.2, 0.25) is 11.8 Å². The Morgan fingerprint density at radius 3 is 1.54 bits per heavy atom. The summed E-state index contributed by atoms with van der Waals surface area (Å²) in [6.45, 7) is 3.44. The van der Waals surface area contributed by atoms with Crippen LogP contribution in [0, 0.1) is 0 Å². The van der Waals surface area contributed by atoms with Crippen LogP contribution in [0.15, 0.2) is 48.6 Å². The van der Waals surface area contributed by atoms with Crippen LogP contribution in [0.5, 0.6) is 0 Å². The van der Waals surface area contributed by atoms with Crippen molar-refractivity contribution < 1.29 is 34.1 Å². The van der Waals surface area contributed by atoms with E-state index in [2.05, 4.69) is 73.1 Å². The van der Waals surface area contributed by atoms with Gasteiger partial charge in [-0.25, -0.2) is 4.79 Å². The van der Waals surface area contributed by atoms with E-state index in [-0.39, 0.29) is 24.5 Å². The Kier molecular flexibility index (Phi) is 39.1. The van der Waals surface area contributed by atoms with E-state index >= 15 is 0 Å². The maximum Gasteiger partial charge on any atom is 0.328 e. The van der Waals surface area contributed by atoms with Crippen molar-refractivity contribution in [2.45, 2.75) is 212 Å². The molecule has 0 aromatic heterocycles. The van der Waals surface area contributed by atoms with Crippen LogP contribution in [-0.4, -0.2) is 59.3 Å². The van der Waals surface area contributed by atoms with Gasteiger partial charge in [-0.05, 0) is 83.1 Å². The second-order valence-electron chi connectivity index (χ2n) is 15.1. The van der Waals surface area contributed by atoms with Gasteiger partial charge in [0.15, 0.2) is 0 Å².